The second kappa shape index (κ2) is 8.53. The van der Waals surface area contributed by atoms with Crippen molar-refractivity contribution >= 4 is 39.4 Å². The van der Waals surface area contributed by atoms with Crippen molar-refractivity contribution in [2.45, 2.75) is 33.9 Å². The molecule has 0 bridgehead atoms. The lowest BCUT2D eigenvalue weighted by Crippen LogP contribution is -2.27. The fourth-order valence-electron chi connectivity index (χ4n) is 4.14. The summed E-state index contributed by atoms with van der Waals surface area (Å²) in [5, 5.41) is 5.53. The van der Waals surface area contributed by atoms with Crippen LogP contribution in [-0.2, 0) is 13.1 Å². The van der Waals surface area contributed by atoms with Crippen LogP contribution in [0.1, 0.15) is 34.5 Å². The van der Waals surface area contributed by atoms with Crippen LogP contribution in [0, 0.1) is 13.8 Å². The van der Waals surface area contributed by atoms with Gasteiger partial charge in [0.1, 0.15) is 11.5 Å². The van der Waals surface area contributed by atoms with Gasteiger partial charge in [-0.15, -0.1) is 0 Å². The molecular weight excluding hydrogens is 450 g/mol. The molecule has 3 aromatic heterocycles. The van der Waals surface area contributed by atoms with Gasteiger partial charge < -0.3 is 9.88 Å². The highest BCUT2D eigenvalue weighted by Gasteiger charge is 2.21. The van der Waals surface area contributed by atoms with E-state index in [9.17, 15) is 4.79 Å². The third kappa shape index (κ3) is 3.90. The maximum atomic E-state index is 13.6. The molecule has 0 radical (unpaired) electrons. The zero-order valence-electron chi connectivity index (χ0n) is 19.4. The lowest BCUT2D eigenvalue weighted by molar-refractivity contribution is 0.0781. The van der Waals surface area contributed by atoms with Gasteiger partial charge in [0, 0.05) is 47.4 Å². The predicted octanol–water partition coefficient (Wildman–Crippen LogP) is 4.93. The summed E-state index contributed by atoms with van der Waals surface area (Å²) >= 11 is 6.27. The monoisotopic (exact) mass is 473 g/mol. The molecule has 0 atom stereocenters. The summed E-state index contributed by atoms with van der Waals surface area (Å²) in [4.78, 5) is 32.4. The lowest BCUT2D eigenvalue weighted by atomic mass is 10.1. The van der Waals surface area contributed by atoms with E-state index in [1.165, 1.54) is 0 Å². The number of aryl methyl sites for hydroxylation is 2. The van der Waals surface area contributed by atoms with Crippen molar-refractivity contribution in [2.24, 2.45) is 0 Å². The number of carbonyl (C=O) groups is 1. The zero-order chi connectivity index (χ0) is 24.0. The number of rotatable bonds is 5. The summed E-state index contributed by atoms with van der Waals surface area (Å²) in [6.07, 6.45) is 1.81. The number of fused-ring (bicyclic) bond motifs is 2. The van der Waals surface area contributed by atoms with E-state index in [2.05, 4.69) is 15.1 Å². The Morgan fingerprint density at radius 1 is 1.09 bits per heavy atom. The average molecular weight is 474 g/mol. The molecule has 34 heavy (non-hydrogen) atoms. The molecule has 172 valence electrons. The number of hydrogen-bond acceptors (Lipinski definition) is 5. The molecule has 2 aromatic carbocycles. The van der Waals surface area contributed by atoms with Gasteiger partial charge in [-0.3, -0.25) is 9.48 Å². The second-order valence-electron chi connectivity index (χ2n) is 8.34. The van der Waals surface area contributed by atoms with Crippen LogP contribution in [0.2, 0.25) is 5.02 Å². The molecule has 3 heterocycles. The van der Waals surface area contributed by atoms with Gasteiger partial charge in [-0.25, -0.2) is 15.0 Å². The number of aromatic nitrogens is 6. The Bertz CT molecular complexity index is 1550. The third-order valence-corrected chi connectivity index (χ3v) is 6.21. The summed E-state index contributed by atoms with van der Waals surface area (Å²) in [7, 11) is 1.77. The molecule has 0 aliphatic rings. The van der Waals surface area contributed by atoms with E-state index >= 15 is 0 Å². The minimum Gasteiger partial charge on any atom is -0.342 e. The molecular formula is C25H24ClN7O. The molecule has 9 heteroatoms. The molecule has 1 N–H and O–H groups in total. The second-order valence-corrected chi connectivity index (χ2v) is 8.78. The normalized spacial score (nSPS) is 11.4. The van der Waals surface area contributed by atoms with Crippen molar-refractivity contribution in [3.05, 3.63) is 70.4 Å². The minimum absolute atomic E-state index is 0.210. The van der Waals surface area contributed by atoms with Gasteiger partial charge in [-0.05, 0) is 57.2 Å². The first-order chi connectivity index (χ1) is 16.3. The molecule has 1 amide bonds. The molecule has 5 rings (SSSR count). The van der Waals surface area contributed by atoms with Crippen LogP contribution in [-0.4, -0.2) is 47.6 Å². The summed E-state index contributed by atoms with van der Waals surface area (Å²) in [5.41, 5.74) is 5.56. The van der Waals surface area contributed by atoms with Crippen LogP contribution in [0.3, 0.4) is 0 Å². The first-order valence-corrected chi connectivity index (χ1v) is 11.4. The van der Waals surface area contributed by atoms with Crippen LogP contribution in [0.25, 0.3) is 33.3 Å². The zero-order valence-corrected chi connectivity index (χ0v) is 20.2. The van der Waals surface area contributed by atoms with Crippen molar-refractivity contribution in [3.63, 3.8) is 0 Å². The molecule has 0 saturated heterocycles. The number of H-pyrrole nitrogens is 1. The Morgan fingerprint density at radius 2 is 1.88 bits per heavy atom. The van der Waals surface area contributed by atoms with Gasteiger partial charge in [0.05, 0.1) is 22.7 Å². The number of nitrogens with zero attached hydrogens (tertiary/aromatic N) is 6. The standard InChI is InChI=1S/C25H24ClN7O/c1-5-33-14(2)17(12-27-33)13-32(4)25(34)23-19-11-18(26)7-9-20(19)30-24(31-23)16-6-8-21-22(10-16)29-15(3)28-21/h6-12H,5,13H2,1-4H3,(H,28,29). The van der Waals surface area contributed by atoms with E-state index in [0.29, 0.717) is 34.0 Å². The minimum atomic E-state index is -0.210. The summed E-state index contributed by atoms with van der Waals surface area (Å²) in [6, 6.07) is 11.1. The Morgan fingerprint density at radius 3 is 2.65 bits per heavy atom. The highest BCUT2D eigenvalue weighted by molar-refractivity contribution is 6.31. The van der Waals surface area contributed by atoms with Gasteiger partial charge in [0.15, 0.2) is 5.82 Å². The smallest absolute Gasteiger partial charge is 0.273 e. The fraction of sp³-hybridized carbons (Fsp3) is 0.240. The highest BCUT2D eigenvalue weighted by atomic mass is 35.5. The molecule has 0 spiro atoms. The number of benzene rings is 2. The molecule has 0 aliphatic carbocycles. The predicted molar refractivity (Wildman–Crippen MR) is 133 cm³/mol. The fourth-order valence-corrected chi connectivity index (χ4v) is 4.31. The first kappa shape index (κ1) is 22.0. The number of hydrogen-bond donors (Lipinski definition) is 1. The van der Waals surface area contributed by atoms with E-state index in [4.69, 9.17) is 21.6 Å². The molecule has 0 aliphatic heterocycles. The molecule has 0 unspecified atom stereocenters. The SMILES string of the molecule is CCn1ncc(CN(C)C(=O)c2nc(-c3ccc4nc(C)[nH]c4c3)nc3ccc(Cl)cc23)c1C. The molecule has 0 saturated carbocycles. The average Bonchev–Trinajstić information content (AvgIpc) is 3.38. The third-order valence-electron chi connectivity index (χ3n) is 5.98. The van der Waals surface area contributed by atoms with Crippen molar-refractivity contribution < 1.29 is 4.79 Å². The first-order valence-electron chi connectivity index (χ1n) is 11.0. The van der Waals surface area contributed by atoms with E-state index in [-0.39, 0.29) is 5.91 Å². The highest BCUT2D eigenvalue weighted by Crippen LogP contribution is 2.27. The Kier molecular flexibility index (Phi) is 5.53. The number of halogens is 1. The van der Waals surface area contributed by atoms with Crippen LogP contribution >= 0.6 is 11.6 Å². The Labute approximate surface area is 201 Å². The van der Waals surface area contributed by atoms with E-state index in [0.717, 1.165) is 40.2 Å². The van der Waals surface area contributed by atoms with Gasteiger partial charge in [0.2, 0.25) is 0 Å². The van der Waals surface area contributed by atoms with Crippen LogP contribution in [0.15, 0.2) is 42.6 Å². The molecule has 0 fully saturated rings. The van der Waals surface area contributed by atoms with Crippen LogP contribution < -0.4 is 0 Å². The quantitative estimate of drug-likeness (QED) is 0.390. The maximum absolute atomic E-state index is 13.6. The molecule has 5 aromatic rings. The number of carbonyl (C=O) groups excluding carboxylic acids is 1. The van der Waals surface area contributed by atoms with Crippen LogP contribution in [0.4, 0.5) is 0 Å². The summed E-state index contributed by atoms with van der Waals surface area (Å²) in [5.74, 6) is 1.09. The van der Waals surface area contributed by atoms with Gasteiger partial charge in [0.25, 0.3) is 5.91 Å². The number of nitrogens with one attached hydrogen (secondary N) is 1. The van der Waals surface area contributed by atoms with Crippen molar-refractivity contribution in [2.75, 3.05) is 7.05 Å². The topological polar surface area (TPSA) is 92.6 Å². The van der Waals surface area contributed by atoms with E-state index in [1.54, 1.807) is 24.1 Å². The number of amides is 1. The Balaban J connectivity index is 1.58. The van der Waals surface area contributed by atoms with Gasteiger partial charge >= 0.3 is 0 Å². The number of imidazole rings is 1. The van der Waals surface area contributed by atoms with Crippen molar-refractivity contribution in [1.29, 1.82) is 0 Å². The number of aromatic amines is 1. The Hall–Kier alpha value is -3.78. The van der Waals surface area contributed by atoms with Crippen molar-refractivity contribution in [3.8, 4) is 11.4 Å². The van der Waals surface area contributed by atoms with Gasteiger partial charge in [-0.1, -0.05) is 11.6 Å². The lowest BCUT2D eigenvalue weighted by Gasteiger charge is -2.18. The van der Waals surface area contributed by atoms with E-state index < -0.39 is 0 Å². The summed E-state index contributed by atoms with van der Waals surface area (Å²) < 4.78 is 1.92. The van der Waals surface area contributed by atoms with Crippen molar-refractivity contribution in [1.82, 2.24) is 34.6 Å². The van der Waals surface area contributed by atoms with Gasteiger partial charge in [-0.2, -0.15) is 5.10 Å². The summed E-state index contributed by atoms with van der Waals surface area (Å²) in [6.45, 7) is 7.16. The maximum Gasteiger partial charge on any atom is 0.273 e. The molecule has 8 nitrogen and oxygen atoms in total. The van der Waals surface area contributed by atoms with E-state index in [1.807, 2.05) is 55.9 Å². The largest absolute Gasteiger partial charge is 0.342 e. The van der Waals surface area contributed by atoms with Crippen LogP contribution in [0.5, 0.6) is 0 Å².